The van der Waals surface area contributed by atoms with Crippen molar-refractivity contribution < 1.29 is 9.50 Å². The van der Waals surface area contributed by atoms with Crippen LogP contribution in [-0.2, 0) is 6.61 Å². The molecule has 0 amide bonds. The molecule has 16 heavy (non-hydrogen) atoms. The fraction of sp³-hybridized carbons (Fsp3) is 0.200. The lowest BCUT2D eigenvalue weighted by Crippen LogP contribution is -2.03. The van der Waals surface area contributed by atoms with Crippen molar-refractivity contribution in [2.24, 2.45) is 0 Å². The quantitative estimate of drug-likeness (QED) is 0.918. The van der Waals surface area contributed by atoms with Crippen LogP contribution in [0.3, 0.4) is 0 Å². The highest BCUT2D eigenvalue weighted by atomic mass is 79.9. The molecule has 4 nitrogen and oxygen atoms in total. The van der Waals surface area contributed by atoms with Crippen LogP contribution in [0, 0.1) is 12.7 Å². The van der Waals surface area contributed by atoms with Crippen molar-refractivity contribution >= 4 is 15.9 Å². The number of hydrogen-bond donors (Lipinski definition) is 1. The second kappa shape index (κ2) is 4.31. The summed E-state index contributed by atoms with van der Waals surface area (Å²) in [5.74, 6) is 0.0167. The average molecular weight is 286 g/mol. The second-order valence-electron chi connectivity index (χ2n) is 3.33. The largest absolute Gasteiger partial charge is 0.388 e. The van der Waals surface area contributed by atoms with E-state index in [4.69, 9.17) is 5.11 Å². The van der Waals surface area contributed by atoms with Crippen molar-refractivity contribution in [3.63, 3.8) is 0 Å². The summed E-state index contributed by atoms with van der Waals surface area (Å²) in [6.45, 7) is 1.61. The number of benzene rings is 1. The first-order chi connectivity index (χ1) is 7.63. The van der Waals surface area contributed by atoms with E-state index in [1.54, 1.807) is 10.6 Å². The van der Waals surface area contributed by atoms with Crippen molar-refractivity contribution in [1.29, 1.82) is 0 Å². The van der Waals surface area contributed by atoms with Gasteiger partial charge in [-0.3, -0.25) is 4.57 Å². The Labute approximate surface area is 99.9 Å². The van der Waals surface area contributed by atoms with Gasteiger partial charge in [0.1, 0.15) is 18.8 Å². The maximum atomic E-state index is 13.4. The molecule has 1 heterocycles. The second-order valence-corrected chi connectivity index (χ2v) is 4.18. The maximum absolute atomic E-state index is 13.4. The predicted octanol–water partition coefficient (Wildman–Crippen LogP) is 1.97. The fourth-order valence-electron chi connectivity index (χ4n) is 1.46. The van der Waals surface area contributed by atoms with Crippen LogP contribution in [0.4, 0.5) is 4.39 Å². The zero-order valence-corrected chi connectivity index (χ0v) is 10.1. The molecule has 0 spiro atoms. The Balaban J connectivity index is 2.60. The smallest absolute Gasteiger partial charge is 0.163 e. The fourth-order valence-corrected chi connectivity index (χ4v) is 1.92. The molecule has 0 radical (unpaired) electrons. The number of hydrogen-bond acceptors (Lipinski definition) is 3. The first-order valence-electron chi connectivity index (χ1n) is 4.59. The predicted molar refractivity (Wildman–Crippen MR) is 59.7 cm³/mol. The van der Waals surface area contributed by atoms with Gasteiger partial charge in [0.25, 0.3) is 0 Å². The molecule has 0 aliphatic carbocycles. The first-order valence-corrected chi connectivity index (χ1v) is 5.38. The third kappa shape index (κ3) is 1.85. The minimum atomic E-state index is -0.363. The minimum Gasteiger partial charge on any atom is -0.388 e. The molecule has 0 aliphatic rings. The van der Waals surface area contributed by atoms with Gasteiger partial charge in [0.05, 0.1) is 10.2 Å². The Kier molecular flexibility index (Phi) is 3.02. The molecule has 0 saturated carbocycles. The molecule has 0 bridgehead atoms. The van der Waals surface area contributed by atoms with Crippen LogP contribution in [0.25, 0.3) is 5.69 Å². The molecule has 84 valence electrons. The Morgan fingerprint density at radius 1 is 1.50 bits per heavy atom. The third-order valence-corrected chi connectivity index (χ3v) is 2.87. The van der Waals surface area contributed by atoms with E-state index >= 15 is 0 Å². The molecule has 6 heteroatoms. The summed E-state index contributed by atoms with van der Waals surface area (Å²) in [7, 11) is 0. The van der Waals surface area contributed by atoms with Gasteiger partial charge in [-0.25, -0.2) is 4.39 Å². The van der Waals surface area contributed by atoms with Crippen LogP contribution < -0.4 is 0 Å². The topological polar surface area (TPSA) is 50.9 Å². The van der Waals surface area contributed by atoms with E-state index in [0.717, 1.165) is 5.56 Å². The van der Waals surface area contributed by atoms with Crippen LogP contribution in [0.5, 0.6) is 0 Å². The van der Waals surface area contributed by atoms with Crippen molar-refractivity contribution in [3.8, 4) is 5.69 Å². The summed E-state index contributed by atoms with van der Waals surface area (Å²) in [5, 5.41) is 16.5. The molecule has 2 rings (SSSR count). The van der Waals surface area contributed by atoms with Gasteiger partial charge in [-0.15, -0.1) is 10.2 Å². The number of halogens is 2. The van der Waals surface area contributed by atoms with Gasteiger partial charge in [-0.2, -0.15) is 0 Å². The zero-order chi connectivity index (χ0) is 11.7. The molecule has 1 aromatic carbocycles. The van der Waals surface area contributed by atoms with Crippen LogP contribution >= 0.6 is 15.9 Å². The highest BCUT2D eigenvalue weighted by Gasteiger charge is 2.10. The van der Waals surface area contributed by atoms with Crippen molar-refractivity contribution in [2.45, 2.75) is 13.5 Å². The number of aromatic nitrogens is 3. The van der Waals surface area contributed by atoms with Gasteiger partial charge in [0, 0.05) is 0 Å². The van der Waals surface area contributed by atoms with Crippen LogP contribution in [-0.4, -0.2) is 19.9 Å². The van der Waals surface area contributed by atoms with E-state index in [-0.39, 0.29) is 12.4 Å². The number of nitrogens with zero attached hydrogens (tertiary/aromatic N) is 3. The Morgan fingerprint density at radius 2 is 2.25 bits per heavy atom. The molecule has 0 aliphatic heterocycles. The summed E-state index contributed by atoms with van der Waals surface area (Å²) in [6, 6.07) is 3.05. The third-order valence-electron chi connectivity index (χ3n) is 2.26. The summed E-state index contributed by atoms with van der Waals surface area (Å²) in [6.07, 6.45) is 1.45. The summed E-state index contributed by atoms with van der Waals surface area (Å²) < 4.78 is 15.4. The number of rotatable bonds is 2. The first kappa shape index (κ1) is 11.2. The van der Waals surface area contributed by atoms with Crippen LogP contribution in [0.1, 0.15) is 11.4 Å². The lowest BCUT2D eigenvalue weighted by molar-refractivity contribution is 0.269. The number of aliphatic hydroxyl groups excluding tert-OH is 1. The molecule has 0 atom stereocenters. The molecule has 0 fully saturated rings. The molecule has 0 saturated heterocycles. The van der Waals surface area contributed by atoms with E-state index in [1.807, 2.05) is 6.92 Å². The zero-order valence-electron chi connectivity index (χ0n) is 8.48. The van der Waals surface area contributed by atoms with Crippen molar-refractivity contribution in [3.05, 3.63) is 40.1 Å². The van der Waals surface area contributed by atoms with Crippen molar-refractivity contribution in [2.75, 3.05) is 0 Å². The summed E-state index contributed by atoms with van der Waals surface area (Å²) >= 11 is 3.11. The minimum absolute atomic E-state index is 0.239. The van der Waals surface area contributed by atoms with Crippen LogP contribution in [0.2, 0.25) is 0 Å². The number of aliphatic hydroxyl groups is 1. The monoisotopic (exact) mass is 285 g/mol. The van der Waals surface area contributed by atoms with Crippen LogP contribution in [0.15, 0.2) is 22.9 Å². The Morgan fingerprint density at radius 3 is 2.94 bits per heavy atom. The lowest BCUT2D eigenvalue weighted by atomic mass is 10.2. The van der Waals surface area contributed by atoms with E-state index in [1.165, 1.54) is 12.4 Å². The van der Waals surface area contributed by atoms with Crippen molar-refractivity contribution in [1.82, 2.24) is 14.8 Å². The van der Waals surface area contributed by atoms with Gasteiger partial charge in [-0.1, -0.05) is 0 Å². The van der Waals surface area contributed by atoms with Gasteiger partial charge >= 0.3 is 0 Å². The molecular weight excluding hydrogens is 277 g/mol. The molecular formula is C10H9BrFN3O. The van der Waals surface area contributed by atoms with E-state index in [9.17, 15) is 4.39 Å². The van der Waals surface area contributed by atoms with E-state index < -0.39 is 0 Å². The average Bonchev–Trinajstić information content (AvgIpc) is 2.71. The van der Waals surface area contributed by atoms with Gasteiger partial charge in [0.15, 0.2) is 5.82 Å². The highest BCUT2D eigenvalue weighted by molar-refractivity contribution is 9.10. The lowest BCUT2D eigenvalue weighted by Gasteiger charge is -2.09. The van der Waals surface area contributed by atoms with E-state index in [0.29, 0.717) is 16.0 Å². The Hall–Kier alpha value is -1.27. The van der Waals surface area contributed by atoms with Gasteiger partial charge < -0.3 is 5.11 Å². The highest BCUT2D eigenvalue weighted by Crippen LogP contribution is 2.23. The van der Waals surface area contributed by atoms with E-state index in [2.05, 4.69) is 26.1 Å². The normalized spacial score (nSPS) is 10.8. The molecule has 0 unspecified atom stereocenters. The Bertz CT molecular complexity index is 527. The van der Waals surface area contributed by atoms with Gasteiger partial charge in [0.2, 0.25) is 0 Å². The SMILES string of the molecule is Cc1cc(Br)c(F)cc1-n1cnnc1CO. The van der Waals surface area contributed by atoms with Gasteiger partial charge in [-0.05, 0) is 40.5 Å². The summed E-state index contributed by atoms with van der Waals surface area (Å²) in [5.41, 5.74) is 1.48. The molecule has 1 N–H and O–H groups in total. The molecule has 2 aromatic rings. The maximum Gasteiger partial charge on any atom is 0.163 e. The number of aryl methyl sites for hydroxylation is 1. The molecule has 1 aromatic heterocycles. The summed E-state index contributed by atoms with van der Waals surface area (Å²) in [4.78, 5) is 0. The standard InChI is InChI=1S/C10H9BrFN3O/c1-6-2-7(11)8(12)3-9(6)15-5-13-14-10(15)4-16/h2-3,5,16H,4H2,1H3.